The number of carbonyl (C=O) groups excluding carboxylic acids is 2. The number of aliphatic carboxylic acids is 1. The third-order valence-corrected chi connectivity index (χ3v) is 7.74. The second-order valence-electron chi connectivity index (χ2n) is 10.8. The molecule has 3 unspecified atom stereocenters. The molecule has 9 nitrogen and oxygen atoms in total. The summed E-state index contributed by atoms with van der Waals surface area (Å²) in [5.74, 6) is -2.15. The highest BCUT2D eigenvalue weighted by Crippen LogP contribution is 2.52. The van der Waals surface area contributed by atoms with E-state index in [-0.39, 0.29) is 10.8 Å². The molecule has 0 amide bonds. The number of hydrogen-bond acceptors (Lipinski definition) is 8. The summed E-state index contributed by atoms with van der Waals surface area (Å²) in [5, 5.41) is 15.1. The van der Waals surface area contributed by atoms with Crippen LogP contribution in [0.3, 0.4) is 0 Å². The van der Waals surface area contributed by atoms with Crippen LogP contribution in [0.5, 0.6) is 11.5 Å². The average molecular weight is 532 g/mol. The fourth-order valence-corrected chi connectivity index (χ4v) is 6.10. The normalized spacial score (nSPS) is 19.1. The first-order valence-corrected chi connectivity index (χ1v) is 12.7. The number of likely N-dealkylation sites (N-methyl/N-ethyl adjacent to an activating group) is 1. The van der Waals surface area contributed by atoms with Gasteiger partial charge in [0.1, 0.15) is 23.2 Å². The molecule has 5 rings (SSSR count). The Labute approximate surface area is 225 Å². The molecule has 3 aromatic carbocycles. The zero-order valence-electron chi connectivity index (χ0n) is 23.0. The number of ether oxygens (including phenoxy) is 3. The maximum Gasteiger partial charge on any atom is 0.303 e. The van der Waals surface area contributed by atoms with E-state index in [1.54, 1.807) is 34.0 Å². The second kappa shape index (κ2) is 9.27. The summed E-state index contributed by atoms with van der Waals surface area (Å²) in [6.45, 7) is 4.77. The lowest BCUT2D eigenvalue weighted by Gasteiger charge is -2.49. The zero-order chi connectivity index (χ0) is 28.4. The second-order valence-corrected chi connectivity index (χ2v) is 10.8. The number of nitrogens with zero attached hydrogens (tertiary/aromatic N) is 2. The summed E-state index contributed by atoms with van der Waals surface area (Å²) < 4.78 is 19.9. The van der Waals surface area contributed by atoms with Crippen molar-refractivity contribution in [2.45, 2.75) is 38.5 Å². The van der Waals surface area contributed by atoms with Crippen LogP contribution in [-0.2, 0) is 21.4 Å². The quantitative estimate of drug-likeness (QED) is 0.286. The maximum atomic E-state index is 14.1. The highest BCUT2D eigenvalue weighted by molar-refractivity contribution is 6.04. The number of rotatable bonds is 5. The molecule has 204 valence electrons. The van der Waals surface area contributed by atoms with Gasteiger partial charge in [0, 0.05) is 25.4 Å². The van der Waals surface area contributed by atoms with E-state index in [9.17, 15) is 19.5 Å². The molecule has 4 aromatic rings. The van der Waals surface area contributed by atoms with Gasteiger partial charge < -0.3 is 33.6 Å². The van der Waals surface area contributed by atoms with Crippen LogP contribution in [0.4, 0.5) is 0 Å². The fourth-order valence-electron chi connectivity index (χ4n) is 6.10. The molecule has 2 heterocycles. The lowest BCUT2D eigenvalue weighted by molar-refractivity contribution is -0.316. The first-order chi connectivity index (χ1) is 18.4. The van der Waals surface area contributed by atoms with Crippen molar-refractivity contribution in [2.75, 3.05) is 21.2 Å². The van der Waals surface area contributed by atoms with Gasteiger partial charge in [-0.3, -0.25) is 9.59 Å². The minimum atomic E-state index is -1.33. The number of aryl methyl sites for hydroxylation is 1. The Morgan fingerprint density at radius 1 is 1.13 bits per heavy atom. The Kier molecular flexibility index (Phi) is 6.30. The van der Waals surface area contributed by atoms with Gasteiger partial charge in [-0.15, -0.1) is 0 Å². The standard InChI is InChI=1S/C30H32N2O7/c1-15(33)38-28-23-21(39-30(2,3)24(28)26(29(35)36)31(4)5)14-20(37-7)22-25(23)32(6)19-13-17-11-9-8-10-16(17)12-18(19)27(22)34/h8-14,24,26,28H,1-7H3,(H,35,36)/p-1. The predicted molar refractivity (Wildman–Crippen MR) is 146 cm³/mol. The van der Waals surface area contributed by atoms with Crippen LogP contribution in [0.2, 0.25) is 0 Å². The van der Waals surface area contributed by atoms with Crippen molar-refractivity contribution in [2.24, 2.45) is 13.0 Å². The first kappa shape index (κ1) is 26.5. The SMILES string of the molecule is COc1cc2c(c3c1c(=O)c1cc4ccccc4cc1n3C)C(OC(C)=O)C(C(C(=O)[O-])N(C)C)C(C)(C)O2. The average Bonchev–Trinajstić information content (AvgIpc) is 2.86. The van der Waals surface area contributed by atoms with E-state index in [1.807, 2.05) is 48.0 Å². The number of esters is 1. The summed E-state index contributed by atoms with van der Waals surface area (Å²) in [7, 11) is 6.54. The van der Waals surface area contributed by atoms with E-state index < -0.39 is 35.6 Å². The lowest BCUT2D eigenvalue weighted by atomic mass is 9.74. The van der Waals surface area contributed by atoms with Gasteiger partial charge in [0.05, 0.1) is 47.0 Å². The van der Waals surface area contributed by atoms with Crippen LogP contribution in [0.1, 0.15) is 32.4 Å². The van der Waals surface area contributed by atoms with Crippen molar-refractivity contribution >= 4 is 44.5 Å². The number of hydrogen-bond donors (Lipinski definition) is 0. The van der Waals surface area contributed by atoms with Gasteiger partial charge in [-0.25, -0.2) is 0 Å². The molecule has 0 aliphatic carbocycles. The Bertz CT molecular complexity index is 1720. The molecule has 0 saturated carbocycles. The van der Waals surface area contributed by atoms with Crippen molar-refractivity contribution < 1.29 is 28.9 Å². The van der Waals surface area contributed by atoms with Crippen LogP contribution in [-0.4, -0.2) is 54.3 Å². The highest BCUT2D eigenvalue weighted by atomic mass is 16.6. The van der Waals surface area contributed by atoms with Gasteiger partial charge in [0.25, 0.3) is 0 Å². The smallest absolute Gasteiger partial charge is 0.303 e. The van der Waals surface area contributed by atoms with Crippen molar-refractivity contribution in [1.82, 2.24) is 9.47 Å². The molecule has 0 radical (unpaired) electrons. The van der Waals surface area contributed by atoms with Crippen molar-refractivity contribution in [3.05, 3.63) is 58.3 Å². The Balaban J connectivity index is 1.97. The summed E-state index contributed by atoms with van der Waals surface area (Å²) in [6, 6.07) is 12.0. The maximum absolute atomic E-state index is 14.1. The number of benzene rings is 3. The van der Waals surface area contributed by atoms with Gasteiger partial charge in [-0.2, -0.15) is 0 Å². The van der Waals surface area contributed by atoms with Crippen LogP contribution >= 0.6 is 0 Å². The third kappa shape index (κ3) is 4.08. The van der Waals surface area contributed by atoms with Gasteiger partial charge >= 0.3 is 5.97 Å². The number of fused-ring (bicyclic) bond motifs is 5. The molecule has 0 fully saturated rings. The number of aromatic nitrogens is 1. The number of pyridine rings is 1. The molecule has 0 spiro atoms. The molecule has 1 aliphatic rings. The summed E-state index contributed by atoms with van der Waals surface area (Å²) in [5.41, 5.74) is 0.157. The Morgan fingerprint density at radius 3 is 2.33 bits per heavy atom. The molecule has 0 bridgehead atoms. The number of carboxylic acid groups (broad SMARTS) is 1. The minimum Gasteiger partial charge on any atom is -0.548 e. The largest absolute Gasteiger partial charge is 0.548 e. The number of carbonyl (C=O) groups is 2. The van der Waals surface area contributed by atoms with Gasteiger partial charge in [-0.05, 0) is 50.8 Å². The highest BCUT2D eigenvalue weighted by Gasteiger charge is 2.52. The van der Waals surface area contributed by atoms with Crippen LogP contribution < -0.4 is 20.0 Å². The monoisotopic (exact) mass is 531 g/mol. The van der Waals surface area contributed by atoms with Crippen LogP contribution in [0.25, 0.3) is 32.6 Å². The lowest BCUT2D eigenvalue weighted by Crippen LogP contribution is -2.60. The Morgan fingerprint density at radius 2 is 1.77 bits per heavy atom. The van der Waals surface area contributed by atoms with Crippen molar-refractivity contribution in [1.29, 1.82) is 0 Å². The van der Waals surface area contributed by atoms with E-state index in [0.717, 1.165) is 10.8 Å². The van der Waals surface area contributed by atoms with Crippen LogP contribution in [0, 0.1) is 5.92 Å². The molecule has 1 aliphatic heterocycles. The minimum absolute atomic E-state index is 0.254. The number of carboxylic acids is 1. The van der Waals surface area contributed by atoms with Gasteiger partial charge in [-0.1, -0.05) is 24.3 Å². The predicted octanol–water partition coefficient (Wildman–Crippen LogP) is 2.93. The third-order valence-electron chi connectivity index (χ3n) is 7.74. The fraction of sp³-hybridized carbons (Fsp3) is 0.367. The van der Waals surface area contributed by atoms with E-state index in [0.29, 0.717) is 33.5 Å². The summed E-state index contributed by atoms with van der Waals surface area (Å²) in [4.78, 5) is 40.5. The molecule has 0 saturated heterocycles. The van der Waals surface area contributed by atoms with E-state index in [4.69, 9.17) is 14.2 Å². The number of methoxy groups -OCH3 is 1. The zero-order valence-corrected chi connectivity index (χ0v) is 23.0. The molecule has 3 atom stereocenters. The van der Waals surface area contributed by atoms with E-state index >= 15 is 0 Å². The summed E-state index contributed by atoms with van der Waals surface area (Å²) >= 11 is 0. The molecule has 39 heavy (non-hydrogen) atoms. The van der Waals surface area contributed by atoms with Gasteiger partial charge in [0.15, 0.2) is 0 Å². The topological polar surface area (TPSA) is 110 Å². The van der Waals surface area contributed by atoms with Crippen molar-refractivity contribution in [3.8, 4) is 11.5 Å². The molecular formula is C30H31N2O7-. The molecule has 9 heteroatoms. The van der Waals surface area contributed by atoms with Crippen LogP contribution in [0.15, 0.2) is 47.3 Å². The van der Waals surface area contributed by atoms with Gasteiger partial charge in [0.2, 0.25) is 5.43 Å². The Hall–Kier alpha value is -4.11. The first-order valence-electron chi connectivity index (χ1n) is 12.7. The molecule has 0 N–H and O–H groups in total. The van der Waals surface area contributed by atoms with E-state index in [1.165, 1.54) is 18.9 Å². The van der Waals surface area contributed by atoms with E-state index in [2.05, 4.69) is 0 Å². The molecule has 1 aromatic heterocycles. The molecular weight excluding hydrogens is 500 g/mol. The van der Waals surface area contributed by atoms with Crippen molar-refractivity contribution in [3.63, 3.8) is 0 Å². The summed E-state index contributed by atoms with van der Waals surface area (Å²) in [6.07, 6.45) is -1.07.